The van der Waals surface area contributed by atoms with Crippen molar-refractivity contribution in [3.05, 3.63) is 34.4 Å². The van der Waals surface area contributed by atoms with Gasteiger partial charge in [-0.1, -0.05) is 45.4 Å². The minimum Gasteiger partial charge on any atom is -0.0558 e. The van der Waals surface area contributed by atoms with E-state index in [0.717, 1.165) is 5.92 Å². The molecule has 0 N–H and O–H groups in total. The summed E-state index contributed by atoms with van der Waals surface area (Å²) in [5, 5.41) is 0. The standard InChI is InChI=1S/C18H26/c1-12-10-14-16-13(6-8-17(14,2)3)7-9-18(4,5)15(16)11-12/h10-11,13H,6-9H2,1-5H3. The first-order valence-corrected chi connectivity index (χ1v) is 7.47. The highest BCUT2D eigenvalue weighted by molar-refractivity contribution is 5.50. The van der Waals surface area contributed by atoms with E-state index >= 15 is 0 Å². The molecule has 0 spiro atoms. The molecule has 3 rings (SSSR count). The third-order valence-electron chi connectivity index (χ3n) is 5.43. The van der Waals surface area contributed by atoms with Crippen molar-refractivity contribution in [3.63, 3.8) is 0 Å². The van der Waals surface area contributed by atoms with E-state index < -0.39 is 0 Å². The molecule has 0 amide bonds. The predicted octanol–water partition coefficient (Wildman–Crippen LogP) is 5.22. The summed E-state index contributed by atoms with van der Waals surface area (Å²) in [5.74, 6) is 0.844. The van der Waals surface area contributed by atoms with E-state index in [1.807, 2.05) is 0 Å². The molecule has 0 heterocycles. The van der Waals surface area contributed by atoms with Gasteiger partial charge in [-0.25, -0.2) is 0 Å². The van der Waals surface area contributed by atoms with Crippen LogP contribution in [-0.4, -0.2) is 0 Å². The highest BCUT2D eigenvalue weighted by Gasteiger charge is 2.40. The fourth-order valence-electron chi connectivity index (χ4n) is 4.13. The molecule has 18 heavy (non-hydrogen) atoms. The monoisotopic (exact) mass is 242 g/mol. The molecule has 2 aliphatic carbocycles. The molecule has 0 atom stereocenters. The number of hydrogen-bond donors (Lipinski definition) is 0. The Labute approximate surface area is 112 Å². The molecule has 0 aliphatic heterocycles. The number of benzene rings is 1. The van der Waals surface area contributed by atoms with E-state index in [2.05, 4.69) is 46.8 Å². The Kier molecular flexibility index (Phi) is 2.47. The Bertz CT molecular complexity index is 450. The summed E-state index contributed by atoms with van der Waals surface area (Å²) >= 11 is 0. The summed E-state index contributed by atoms with van der Waals surface area (Å²) in [6.07, 6.45) is 5.50. The van der Waals surface area contributed by atoms with E-state index in [1.54, 1.807) is 16.7 Å². The summed E-state index contributed by atoms with van der Waals surface area (Å²) in [7, 11) is 0. The van der Waals surface area contributed by atoms with E-state index in [1.165, 1.54) is 31.2 Å². The summed E-state index contributed by atoms with van der Waals surface area (Å²) < 4.78 is 0. The van der Waals surface area contributed by atoms with Crippen LogP contribution >= 0.6 is 0 Å². The van der Waals surface area contributed by atoms with E-state index in [9.17, 15) is 0 Å². The molecule has 0 saturated heterocycles. The van der Waals surface area contributed by atoms with Crippen molar-refractivity contribution in [3.8, 4) is 0 Å². The normalized spacial score (nSPS) is 24.7. The molecule has 0 saturated carbocycles. The minimum atomic E-state index is 0.375. The zero-order chi connectivity index (χ0) is 13.1. The third kappa shape index (κ3) is 1.65. The van der Waals surface area contributed by atoms with Crippen LogP contribution in [0.4, 0.5) is 0 Å². The molecule has 2 aliphatic rings. The second-order valence-corrected chi connectivity index (χ2v) is 7.82. The SMILES string of the molecule is Cc1cc2c3c(c1)C(C)(C)CCC3CCC2(C)C. The molecule has 98 valence electrons. The largest absolute Gasteiger partial charge is 0.0558 e. The van der Waals surface area contributed by atoms with E-state index in [4.69, 9.17) is 0 Å². The van der Waals surface area contributed by atoms with E-state index in [-0.39, 0.29) is 0 Å². The Hall–Kier alpha value is -0.780. The van der Waals surface area contributed by atoms with Crippen molar-refractivity contribution in [2.24, 2.45) is 0 Å². The second-order valence-electron chi connectivity index (χ2n) is 7.82. The van der Waals surface area contributed by atoms with Crippen LogP contribution in [0.25, 0.3) is 0 Å². The zero-order valence-corrected chi connectivity index (χ0v) is 12.6. The lowest BCUT2D eigenvalue weighted by Crippen LogP contribution is -2.34. The molecule has 0 bridgehead atoms. The van der Waals surface area contributed by atoms with Crippen LogP contribution in [0.3, 0.4) is 0 Å². The lowest BCUT2D eigenvalue weighted by molar-refractivity contribution is 0.320. The summed E-state index contributed by atoms with van der Waals surface area (Å²) in [6.45, 7) is 12.0. The Morgan fingerprint density at radius 1 is 0.889 bits per heavy atom. The molecular weight excluding hydrogens is 216 g/mol. The molecule has 1 aromatic carbocycles. The van der Waals surface area contributed by atoms with Crippen molar-refractivity contribution < 1.29 is 0 Å². The van der Waals surface area contributed by atoms with Crippen molar-refractivity contribution in [2.75, 3.05) is 0 Å². The van der Waals surface area contributed by atoms with Gasteiger partial charge in [0, 0.05) is 0 Å². The van der Waals surface area contributed by atoms with Crippen molar-refractivity contribution >= 4 is 0 Å². The fraction of sp³-hybridized carbons (Fsp3) is 0.667. The van der Waals surface area contributed by atoms with Crippen LogP contribution in [0.2, 0.25) is 0 Å². The van der Waals surface area contributed by atoms with Gasteiger partial charge < -0.3 is 0 Å². The smallest absolute Gasteiger partial charge is 0.0100 e. The van der Waals surface area contributed by atoms with Crippen LogP contribution in [-0.2, 0) is 10.8 Å². The zero-order valence-electron chi connectivity index (χ0n) is 12.6. The van der Waals surface area contributed by atoms with Crippen LogP contribution in [0.15, 0.2) is 12.1 Å². The first-order valence-electron chi connectivity index (χ1n) is 7.47. The average molecular weight is 242 g/mol. The highest BCUT2D eigenvalue weighted by Crippen LogP contribution is 2.52. The molecule has 0 fully saturated rings. The Balaban J connectivity index is 2.31. The highest BCUT2D eigenvalue weighted by atomic mass is 14.4. The van der Waals surface area contributed by atoms with Gasteiger partial charge in [0.2, 0.25) is 0 Å². The van der Waals surface area contributed by atoms with Gasteiger partial charge >= 0.3 is 0 Å². The molecule has 0 radical (unpaired) electrons. The Morgan fingerprint density at radius 3 is 1.78 bits per heavy atom. The third-order valence-corrected chi connectivity index (χ3v) is 5.43. The Morgan fingerprint density at radius 2 is 1.33 bits per heavy atom. The average Bonchev–Trinajstić information content (AvgIpc) is 2.27. The molecule has 0 aromatic heterocycles. The van der Waals surface area contributed by atoms with Gasteiger partial charge in [0.25, 0.3) is 0 Å². The molecule has 0 heteroatoms. The van der Waals surface area contributed by atoms with Crippen molar-refractivity contribution in [2.45, 2.75) is 77.0 Å². The molecule has 0 nitrogen and oxygen atoms in total. The first kappa shape index (κ1) is 12.3. The fourth-order valence-corrected chi connectivity index (χ4v) is 4.13. The van der Waals surface area contributed by atoms with E-state index in [0.29, 0.717) is 10.8 Å². The number of rotatable bonds is 0. The van der Waals surface area contributed by atoms with Gasteiger partial charge in [-0.15, -0.1) is 0 Å². The van der Waals surface area contributed by atoms with Gasteiger partial charge in [0.05, 0.1) is 0 Å². The minimum absolute atomic E-state index is 0.375. The summed E-state index contributed by atoms with van der Waals surface area (Å²) in [5.41, 5.74) is 7.24. The quantitative estimate of drug-likeness (QED) is 0.585. The van der Waals surface area contributed by atoms with Crippen LogP contribution in [0.5, 0.6) is 0 Å². The second kappa shape index (κ2) is 3.62. The van der Waals surface area contributed by atoms with Gasteiger partial charge in [-0.3, -0.25) is 0 Å². The number of hydrogen-bond acceptors (Lipinski definition) is 0. The molecular formula is C18H26. The number of aryl methyl sites for hydroxylation is 1. The lowest BCUT2D eigenvalue weighted by Gasteiger charge is -2.45. The molecule has 1 aromatic rings. The maximum absolute atomic E-state index is 2.46. The van der Waals surface area contributed by atoms with Gasteiger partial charge in [-0.2, -0.15) is 0 Å². The summed E-state index contributed by atoms with van der Waals surface area (Å²) in [4.78, 5) is 0. The summed E-state index contributed by atoms with van der Waals surface area (Å²) in [6, 6.07) is 4.93. The van der Waals surface area contributed by atoms with Crippen LogP contribution in [0, 0.1) is 6.92 Å². The van der Waals surface area contributed by atoms with Crippen molar-refractivity contribution in [1.29, 1.82) is 0 Å². The van der Waals surface area contributed by atoms with Crippen molar-refractivity contribution in [1.82, 2.24) is 0 Å². The maximum atomic E-state index is 2.46. The van der Waals surface area contributed by atoms with Gasteiger partial charge in [0.15, 0.2) is 0 Å². The van der Waals surface area contributed by atoms with Crippen LogP contribution < -0.4 is 0 Å². The van der Waals surface area contributed by atoms with Gasteiger partial charge in [-0.05, 0) is 66.0 Å². The predicted molar refractivity (Wildman–Crippen MR) is 78.4 cm³/mol. The maximum Gasteiger partial charge on any atom is -0.0100 e. The van der Waals surface area contributed by atoms with Crippen LogP contribution in [0.1, 0.15) is 81.5 Å². The lowest BCUT2D eigenvalue weighted by atomic mass is 9.59. The van der Waals surface area contributed by atoms with Gasteiger partial charge in [0.1, 0.15) is 0 Å². The first-order chi connectivity index (χ1) is 8.31. The topological polar surface area (TPSA) is 0 Å². The molecule has 0 unspecified atom stereocenters.